The molecule has 0 aromatic heterocycles. The van der Waals surface area contributed by atoms with E-state index in [2.05, 4.69) is 5.32 Å². The molecule has 3 aromatic carbocycles. The van der Waals surface area contributed by atoms with Gasteiger partial charge in [-0.1, -0.05) is 55.3 Å². The van der Waals surface area contributed by atoms with Crippen molar-refractivity contribution in [3.05, 3.63) is 82.9 Å². The molecular weight excluding hydrogens is 578 g/mol. The molecule has 1 N–H and O–H groups in total. The zero-order valence-electron chi connectivity index (χ0n) is 24.8. The van der Waals surface area contributed by atoms with E-state index in [0.717, 1.165) is 15.4 Å². The van der Waals surface area contributed by atoms with Gasteiger partial charge in [0.2, 0.25) is 11.8 Å². The standard InChI is InChI=1S/C31H38ClN3O6S/c1-21(2)18-33-31(37)23(4)34(19-24-9-12-26(40-5)13-10-24)30(36)20-35(28-17-25(32)11-16-29(28)41-6)42(38,39)27-14-7-22(3)8-15-27/h7-17,21,23H,18-20H2,1-6H3,(H,33,37)/t23-/m0/s1. The van der Waals surface area contributed by atoms with Crippen LogP contribution in [0.15, 0.2) is 71.6 Å². The molecule has 11 heteroatoms. The van der Waals surface area contributed by atoms with Crippen LogP contribution in [0, 0.1) is 12.8 Å². The first-order chi connectivity index (χ1) is 19.9. The van der Waals surface area contributed by atoms with Crippen molar-refractivity contribution in [2.75, 3.05) is 31.6 Å². The number of nitrogens with one attached hydrogen (secondary N) is 1. The number of carbonyl (C=O) groups excluding carboxylic acids is 2. The Morgan fingerprint density at radius 1 is 0.929 bits per heavy atom. The Balaban J connectivity index is 2.07. The van der Waals surface area contributed by atoms with E-state index in [9.17, 15) is 18.0 Å². The molecule has 3 aromatic rings. The molecule has 0 bridgehead atoms. The lowest BCUT2D eigenvalue weighted by molar-refractivity contribution is -0.139. The summed E-state index contributed by atoms with van der Waals surface area (Å²) in [5.41, 5.74) is 1.71. The van der Waals surface area contributed by atoms with Gasteiger partial charge in [0.15, 0.2) is 0 Å². The van der Waals surface area contributed by atoms with Gasteiger partial charge in [-0.05, 0) is 67.8 Å². The van der Waals surface area contributed by atoms with E-state index in [1.165, 1.54) is 36.3 Å². The highest BCUT2D eigenvalue weighted by Crippen LogP contribution is 2.35. The highest BCUT2D eigenvalue weighted by molar-refractivity contribution is 7.92. The van der Waals surface area contributed by atoms with E-state index in [-0.39, 0.29) is 39.7 Å². The Hall–Kier alpha value is -3.76. The minimum Gasteiger partial charge on any atom is -0.497 e. The highest BCUT2D eigenvalue weighted by atomic mass is 35.5. The van der Waals surface area contributed by atoms with Crippen LogP contribution in [-0.4, -0.2) is 58.5 Å². The first kappa shape index (κ1) is 32.8. The lowest BCUT2D eigenvalue weighted by atomic mass is 10.1. The maximum Gasteiger partial charge on any atom is 0.264 e. The first-order valence-corrected chi connectivity index (χ1v) is 15.3. The molecule has 0 saturated heterocycles. The van der Waals surface area contributed by atoms with Crippen LogP contribution in [0.25, 0.3) is 0 Å². The first-order valence-electron chi connectivity index (χ1n) is 13.5. The van der Waals surface area contributed by atoms with Crippen molar-refractivity contribution in [3.8, 4) is 11.5 Å². The molecule has 0 saturated carbocycles. The molecule has 0 aliphatic heterocycles. The predicted molar refractivity (Wildman–Crippen MR) is 165 cm³/mol. The summed E-state index contributed by atoms with van der Waals surface area (Å²) in [5.74, 6) is 0.127. The van der Waals surface area contributed by atoms with Gasteiger partial charge in [-0.2, -0.15) is 0 Å². The fraction of sp³-hybridized carbons (Fsp3) is 0.355. The number of sulfonamides is 1. The molecular formula is C31H38ClN3O6S. The number of aryl methyl sites for hydroxylation is 1. The lowest BCUT2D eigenvalue weighted by Gasteiger charge is -2.32. The van der Waals surface area contributed by atoms with Gasteiger partial charge < -0.3 is 19.7 Å². The van der Waals surface area contributed by atoms with Gasteiger partial charge in [0.25, 0.3) is 10.0 Å². The summed E-state index contributed by atoms with van der Waals surface area (Å²) in [6, 6.07) is 17.1. The fourth-order valence-corrected chi connectivity index (χ4v) is 5.75. The predicted octanol–water partition coefficient (Wildman–Crippen LogP) is 5.05. The van der Waals surface area contributed by atoms with Crippen LogP contribution in [0.4, 0.5) is 5.69 Å². The maximum atomic E-state index is 14.1. The molecule has 3 rings (SSSR count). The topological polar surface area (TPSA) is 105 Å². The van der Waals surface area contributed by atoms with Crippen molar-refractivity contribution in [2.24, 2.45) is 5.92 Å². The third kappa shape index (κ3) is 8.17. The number of hydrogen-bond donors (Lipinski definition) is 1. The Bertz CT molecular complexity index is 1480. The van der Waals surface area contributed by atoms with E-state index in [1.54, 1.807) is 56.5 Å². The van der Waals surface area contributed by atoms with Crippen LogP contribution in [0.1, 0.15) is 31.9 Å². The summed E-state index contributed by atoms with van der Waals surface area (Å²) in [5, 5.41) is 3.13. The van der Waals surface area contributed by atoms with Gasteiger partial charge in [0.1, 0.15) is 24.1 Å². The summed E-state index contributed by atoms with van der Waals surface area (Å²) in [7, 11) is -1.31. The van der Waals surface area contributed by atoms with Gasteiger partial charge in [0, 0.05) is 18.1 Å². The smallest absolute Gasteiger partial charge is 0.264 e. The molecule has 0 radical (unpaired) electrons. The van der Waals surface area contributed by atoms with Crippen LogP contribution in [0.5, 0.6) is 11.5 Å². The van der Waals surface area contributed by atoms with Crippen molar-refractivity contribution in [1.29, 1.82) is 0 Å². The minimum absolute atomic E-state index is 0.00708. The number of methoxy groups -OCH3 is 2. The number of amides is 2. The monoisotopic (exact) mass is 615 g/mol. The van der Waals surface area contributed by atoms with Crippen molar-refractivity contribution < 1.29 is 27.5 Å². The van der Waals surface area contributed by atoms with Crippen LogP contribution in [0.2, 0.25) is 5.02 Å². The molecule has 42 heavy (non-hydrogen) atoms. The largest absolute Gasteiger partial charge is 0.497 e. The van der Waals surface area contributed by atoms with Crippen LogP contribution in [-0.2, 0) is 26.2 Å². The van der Waals surface area contributed by atoms with E-state index in [1.807, 2.05) is 20.8 Å². The molecule has 0 unspecified atom stereocenters. The van der Waals surface area contributed by atoms with Crippen molar-refractivity contribution in [2.45, 2.75) is 45.2 Å². The second kappa shape index (κ2) is 14.4. The second-order valence-corrected chi connectivity index (χ2v) is 12.6. The zero-order valence-corrected chi connectivity index (χ0v) is 26.3. The number of anilines is 1. The van der Waals surface area contributed by atoms with Crippen molar-refractivity contribution in [1.82, 2.24) is 10.2 Å². The maximum absolute atomic E-state index is 14.1. The molecule has 0 aliphatic rings. The fourth-order valence-electron chi connectivity index (χ4n) is 4.17. The van der Waals surface area contributed by atoms with Gasteiger partial charge >= 0.3 is 0 Å². The van der Waals surface area contributed by atoms with Gasteiger partial charge in [-0.15, -0.1) is 0 Å². The molecule has 2 amide bonds. The Morgan fingerprint density at radius 3 is 2.14 bits per heavy atom. The van der Waals surface area contributed by atoms with E-state index >= 15 is 0 Å². The molecule has 0 aliphatic carbocycles. The minimum atomic E-state index is -4.27. The van der Waals surface area contributed by atoms with Crippen LogP contribution >= 0.6 is 11.6 Å². The van der Waals surface area contributed by atoms with E-state index < -0.39 is 28.5 Å². The SMILES string of the molecule is COc1ccc(CN(C(=O)CN(c2cc(Cl)ccc2OC)S(=O)(=O)c2ccc(C)cc2)[C@@H](C)C(=O)NCC(C)C)cc1. The molecule has 0 heterocycles. The Labute approximate surface area is 253 Å². The second-order valence-electron chi connectivity index (χ2n) is 10.3. The number of carbonyl (C=O) groups is 2. The summed E-state index contributed by atoms with van der Waals surface area (Å²) >= 11 is 6.28. The summed E-state index contributed by atoms with van der Waals surface area (Å²) in [6.45, 7) is 7.29. The van der Waals surface area contributed by atoms with Crippen LogP contribution in [0.3, 0.4) is 0 Å². The van der Waals surface area contributed by atoms with Crippen LogP contribution < -0.4 is 19.1 Å². The molecule has 9 nitrogen and oxygen atoms in total. The van der Waals surface area contributed by atoms with Gasteiger partial charge in [0.05, 0.1) is 24.8 Å². The molecule has 0 fully saturated rings. The Kier molecular flexibility index (Phi) is 11.2. The molecule has 226 valence electrons. The third-order valence-electron chi connectivity index (χ3n) is 6.66. The van der Waals surface area contributed by atoms with Crippen molar-refractivity contribution >= 4 is 39.1 Å². The highest BCUT2D eigenvalue weighted by Gasteiger charge is 2.34. The number of ether oxygens (including phenoxy) is 2. The number of rotatable bonds is 13. The average Bonchev–Trinajstić information content (AvgIpc) is 2.97. The van der Waals surface area contributed by atoms with E-state index in [4.69, 9.17) is 21.1 Å². The lowest BCUT2D eigenvalue weighted by Crippen LogP contribution is -2.51. The van der Waals surface area contributed by atoms with E-state index in [0.29, 0.717) is 12.3 Å². The van der Waals surface area contributed by atoms with Gasteiger partial charge in [-0.25, -0.2) is 8.42 Å². The van der Waals surface area contributed by atoms with Crippen molar-refractivity contribution in [3.63, 3.8) is 0 Å². The third-order valence-corrected chi connectivity index (χ3v) is 8.67. The normalized spacial score (nSPS) is 12.0. The number of nitrogens with zero attached hydrogens (tertiary/aromatic N) is 2. The summed E-state index contributed by atoms with van der Waals surface area (Å²) in [6.07, 6.45) is 0. The zero-order chi connectivity index (χ0) is 31.0. The van der Waals surface area contributed by atoms with Gasteiger partial charge in [-0.3, -0.25) is 13.9 Å². The summed E-state index contributed by atoms with van der Waals surface area (Å²) in [4.78, 5) is 28.6. The quantitative estimate of drug-likeness (QED) is 0.289. The number of hydrogen-bond acceptors (Lipinski definition) is 6. The molecule has 1 atom stereocenters. The number of benzene rings is 3. The number of halogens is 1. The average molecular weight is 616 g/mol. The molecule has 0 spiro atoms. The Morgan fingerprint density at radius 2 is 1.57 bits per heavy atom. The summed E-state index contributed by atoms with van der Waals surface area (Å²) < 4.78 is 39.8.